The van der Waals surface area contributed by atoms with Gasteiger partial charge in [-0.15, -0.1) is 12.4 Å². The zero-order valence-electron chi connectivity index (χ0n) is 14.1. The van der Waals surface area contributed by atoms with E-state index >= 15 is 0 Å². The van der Waals surface area contributed by atoms with Crippen LogP contribution in [-0.2, 0) is 17.7 Å². The first-order valence-electron chi connectivity index (χ1n) is 8.47. The highest BCUT2D eigenvalue weighted by Gasteiger charge is 2.21. The van der Waals surface area contributed by atoms with Crippen molar-refractivity contribution < 1.29 is 9.47 Å². The molecule has 0 amide bonds. The number of halogens is 1. The molecule has 7 heteroatoms. The first kappa shape index (κ1) is 17.9. The lowest BCUT2D eigenvalue weighted by Crippen LogP contribution is -2.37. The van der Waals surface area contributed by atoms with Crippen LogP contribution in [0.25, 0.3) is 0 Å². The SMILES string of the molecule is Cl.c1ccc2c(c1)CC(CNCc1cnc(N3CCOCC3)nc1)O2. The second kappa shape index (κ2) is 8.47. The Morgan fingerprint density at radius 2 is 1.88 bits per heavy atom. The summed E-state index contributed by atoms with van der Waals surface area (Å²) in [6.45, 7) is 4.78. The molecule has 1 aromatic heterocycles. The molecular formula is C18H23ClN4O2. The molecule has 3 heterocycles. The molecule has 134 valence electrons. The van der Waals surface area contributed by atoms with Crippen LogP contribution in [0.2, 0.25) is 0 Å². The zero-order valence-corrected chi connectivity index (χ0v) is 14.9. The minimum atomic E-state index is 0. The van der Waals surface area contributed by atoms with E-state index in [4.69, 9.17) is 9.47 Å². The van der Waals surface area contributed by atoms with E-state index in [0.29, 0.717) is 0 Å². The number of para-hydroxylation sites is 1. The maximum atomic E-state index is 5.93. The van der Waals surface area contributed by atoms with Gasteiger partial charge in [-0.3, -0.25) is 0 Å². The molecular weight excluding hydrogens is 340 g/mol. The minimum absolute atomic E-state index is 0. The Labute approximate surface area is 154 Å². The van der Waals surface area contributed by atoms with Crippen LogP contribution in [0.1, 0.15) is 11.1 Å². The van der Waals surface area contributed by atoms with Gasteiger partial charge in [0.05, 0.1) is 13.2 Å². The van der Waals surface area contributed by atoms with Gasteiger partial charge in [-0.05, 0) is 11.6 Å². The third kappa shape index (κ3) is 4.39. The summed E-state index contributed by atoms with van der Waals surface area (Å²) < 4.78 is 11.3. The fourth-order valence-corrected chi connectivity index (χ4v) is 3.11. The Balaban J connectivity index is 0.00000182. The molecule has 0 aliphatic carbocycles. The summed E-state index contributed by atoms with van der Waals surface area (Å²) in [5.74, 6) is 1.80. The van der Waals surface area contributed by atoms with Gasteiger partial charge in [0.1, 0.15) is 11.9 Å². The van der Waals surface area contributed by atoms with Crippen molar-refractivity contribution >= 4 is 18.4 Å². The predicted molar refractivity (Wildman–Crippen MR) is 98.6 cm³/mol. The zero-order chi connectivity index (χ0) is 16.2. The number of benzene rings is 1. The number of aromatic nitrogens is 2. The van der Waals surface area contributed by atoms with E-state index in [1.165, 1.54) is 5.56 Å². The van der Waals surface area contributed by atoms with Crippen molar-refractivity contribution in [2.45, 2.75) is 19.1 Å². The van der Waals surface area contributed by atoms with Crippen LogP contribution < -0.4 is 15.0 Å². The molecule has 1 aromatic carbocycles. The first-order valence-corrected chi connectivity index (χ1v) is 8.47. The van der Waals surface area contributed by atoms with Crippen molar-refractivity contribution in [2.24, 2.45) is 0 Å². The summed E-state index contributed by atoms with van der Waals surface area (Å²) in [6.07, 6.45) is 4.97. The average Bonchev–Trinajstić information content (AvgIpc) is 3.06. The van der Waals surface area contributed by atoms with Crippen molar-refractivity contribution in [1.82, 2.24) is 15.3 Å². The molecule has 1 N–H and O–H groups in total. The maximum Gasteiger partial charge on any atom is 0.225 e. The molecule has 0 saturated carbocycles. The second-order valence-corrected chi connectivity index (χ2v) is 6.17. The molecule has 1 atom stereocenters. The van der Waals surface area contributed by atoms with Crippen molar-refractivity contribution in [3.63, 3.8) is 0 Å². The molecule has 2 aromatic rings. The van der Waals surface area contributed by atoms with Gasteiger partial charge in [0.15, 0.2) is 0 Å². The van der Waals surface area contributed by atoms with Gasteiger partial charge in [0.25, 0.3) is 0 Å². The highest BCUT2D eigenvalue weighted by atomic mass is 35.5. The van der Waals surface area contributed by atoms with Crippen molar-refractivity contribution in [2.75, 3.05) is 37.7 Å². The molecule has 0 spiro atoms. The van der Waals surface area contributed by atoms with Crippen LogP contribution in [0.5, 0.6) is 5.75 Å². The fraction of sp³-hybridized carbons (Fsp3) is 0.444. The van der Waals surface area contributed by atoms with Crippen LogP contribution in [0.3, 0.4) is 0 Å². The highest BCUT2D eigenvalue weighted by molar-refractivity contribution is 5.85. The van der Waals surface area contributed by atoms with Gasteiger partial charge in [0, 0.05) is 50.6 Å². The van der Waals surface area contributed by atoms with E-state index in [0.717, 1.165) is 63.1 Å². The normalized spacial score (nSPS) is 19.0. The van der Waals surface area contributed by atoms with Crippen LogP contribution >= 0.6 is 12.4 Å². The summed E-state index contributed by atoms with van der Waals surface area (Å²) in [5, 5.41) is 3.44. The van der Waals surface area contributed by atoms with Crippen LogP contribution in [-0.4, -0.2) is 48.9 Å². The quantitative estimate of drug-likeness (QED) is 0.875. The van der Waals surface area contributed by atoms with Gasteiger partial charge in [-0.2, -0.15) is 0 Å². The monoisotopic (exact) mass is 362 g/mol. The topological polar surface area (TPSA) is 59.5 Å². The van der Waals surface area contributed by atoms with Crippen LogP contribution in [0.4, 0.5) is 5.95 Å². The van der Waals surface area contributed by atoms with Gasteiger partial charge in [-0.1, -0.05) is 18.2 Å². The minimum Gasteiger partial charge on any atom is -0.488 e. The van der Waals surface area contributed by atoms with Crippen LogP contribution in [0.15, 0.2) is 36.7 Å². The number of hydrogen-bond donors (Lipinski definition) is 1. The number of rotatable bonds is 5. The van der Waals surface area contributed by atoms with E-state index in [9.17, 15) is 0 Å². The number of anilines is 1. The van der Waals surface area contributed by atoms with Gasteiger partial charge >= 0.3 is 0 Å². The summed E-state index contributed by atoms with van der Waals surface area (Å²) in [6, 6.07) is 8.24. The number of fused-ring (bicyclic) bond motifs is 1. The van der Waals surface area contributed by atoms with Gasteiger partial charge in [-0.25, -0.2) is 9.97 Å². The second-order valence-electron chi connectivity index (χ2n) is 6.17. The number of nitrogens with one attached hydrogen (secondary N) is 1. The van der Waals surface area contributed by atoms with Crippen LogP contribution in [0, 0.1) is 0 Å². The maximum absolute atomic E-state index is 5.93. The van der Waals surface area contributed by atoms with E-state index in [1.807, 2.05) is 24.5 Å². The van der Waals surface area contributed by atoms with Crippen molar-refractivity contribution in [3.05, 3.63) is 47.8 Å². The van der Waals surface area contributed by atoms with E-state index in [-0.39, 0.29) is 18.5 Å². The van der Waals surface area contributed by atoms with Gasteiger partial charge < -0.3 is 19.7 Å². The molecule has 0 radical (unpaired) electrons. The smallest absolute Gasteiger partial charge is 0.225 e. The number of hydrogen-bond acceptors (Lipinski definition) is 6. The van der Waals surface area contributed by atoms with E-state index < -0.39 is 0 Å². The third-order valence-corrected chi connectivity index (χ3v) is 4.40. The molecule has 2 aliphatic heterocycles. The largest absolute Gasteiger partial charge is 0.488 e. The van der Waals surface area contributed by atoms with Crippen molar-refractivity contribution in [3.8, 4) is 5.75 Å². The highest BCUT2D eigenvalue weighted by Crippen LogP contribution is 2.27. The Morgan fingerprint density at radius 3 is 2.64 bits per heavy atom. The predicted octanol–water partition coefficient (Wildman–Crippen LogP) is 1.83. The number of morpholine rings is 1. The molecule has 1 saturated heterocycles. The molecule has 1 fully saturated rings. The lowest BCUT2D eigenvalue weighted by Gasteiger charge is -2.26. The fourth-order valence-electron chi connectivity index (χ4n) is 3.11. The Kier molecular flexibility index (Phi) is 6.07. The summed E-state index contributed by atoms with van der Waals surface area (Å²) >= 11 is 0. The molecule has 25 heavy (non-hydrogen) atoms. The molecule has 1 unspecified atom stereocenters. The number of ether oxygens (including phenoxy) is 2. The lowest BCUT2D eigenvalue weighted by atomic mass is 10.1. The van der Waals surface area contributed by atoms with E-state index in [1.54, 1.807) is 0 Å². The molecule has 4 rings (SSSR count). The summed E-state index contributed by atoms with van der Waals surface area (Å²) in [4.78, 5) is 11.1. The lowest BCUT2D eigenvalue weighted by molar-refractivity contribution is 0.122. The molecule has 6 nitrogen and oxygen atoms in total. The third-order valence-electron chi connectivity index (χ3n) is 4.40. The Hall–Kier alpha value is -1.89. The number of nitrogens with zero attached hydrogens (tertiary/aromatic N) is 3. The Morgan fingerprint density at radius 1 is 1.12 bits per heavy atom. The summed E-state index contributed by atoms with van der Waals surface area (Å²) in [5.41, 5.74) is 2.38. The standard InChI is InChI=1S/C18H22N4O2.ClH/c1-2-4-17-15(3-1)9-16(24-17)13-19-10-14-11-20-18(21-12-14)22-5-7-23-8-6-22;/h1-4,11-12,16,19H,5-10,13H2;1H. The van der Waals surface area contributed by atoms with Gasteiger partial charge in [0.2, 0.25) is 5.95 Å². The molecule has 0 bridgehead atoms. The van der Waals surface area contributed by atoms with Crippen molar-refractivity contribution in [1.29, 1.82) is 0 Å². The Bertz CT molecular complexity index is 652. The first-order chi connectivity index (χ1) is 11.9. The average molecular weight is 363 g/mol. The van der Waals surface area contributed by atoms with E-state index in [2.05, 4.69) is 32.3 Å². The summed E-state index contributed by atoms with van der Waals surface area (Å²) in [7, 11) is 0. The molecule has 2 aliphatic rings.